The standard InChI is InChI=1S/C20H18ClN3O2S/c1-3-19-22-17-5-4-14(9-18(17)23(19)2)24-7-6-15(10-20(24)25)26-11-16-8-13(21)12-27-16/h4-10,12H,3,11H2,1-2H3. The van der Waals surface area contributed by atoms with Gasteiger partial charge in [0.05, 0.1) is 21.7 Å². The smallest absolute Gasteiger partial charge is 0.258 e. The van der Waals surface area contributed by atoms with E-state index in [0.717, 1.165) is 33.8 Å². The van der Waals surface area contributed by atoms with Crippen molar-refractivity contribution in [2.45, 2.75) is 20.0 Å². The summed E-state index contributed by atoms with van der Waals surface area (Å²) in [6.07, 6.45) is 2.60. The molecule has 0 aliphatic carbocycles. The Morgan fingerprint density at radius 2 is 2.07 bits per heavy atom. The number of rotatable bonds is 5. The van der Waals surface area contributed by atoms with Crippen LogP contribution in [0.3, 0.4) is 0 Å². The van der Waals surface area contributed by atoms with Gasteiger partial charge in [0.15, 0.2) is 0 Å². The van der Waals surface area contributed by atoms with Crippen LogP contribution in [0.25, 0.3) is 16.7 Å². The number of nitrogens with zero attached hydrogens (tertiary/aromatic N) is 3. The highest BCUT2D eigenvalue weighted by Crippen LogP contribution is 2.22. The first-order valence-electron chi connectivity index (χ1n) is 8.59. The molecule has 0 spiro atoms. The molecule has 0 aliphatic rings. The summed E-state index contributed by atoms with van der Waals surface area (Å²) in [5, 5.41) is 2.56. The van der Waals surface area contributed by atoms with Crippen molar-refractivity contribution in [3.63, 3.8) is 0 Å². The maximum Gasteiger partial charge on any atom is 0.258 e. The Morgan fingerprint density at radius 1 is 1.22 bits per heavy atom. The number of fused-ring (bicyclic) bond motifs is 1. The lowest BCUT2D eigenvalue weighted by Gasteiger charge is -2.09. The lowest BCUT2D eigenvalue weighted by molar-refractivity contribution is 0.309. The van der Waals surface area contributed by atoms with Crippen LogP contribution >= 0.6 is 22.9 Å². The Kier molecular flexibility index (Phi) is 4.76. The van der Waals surface area contributed by atoms with Crippen LogP contribution in [0.2, 0.25) is 5.02 Å². The van der Waals surface area contributed by atoms with E-state index >= 15 is 0 Å². The van der Waals surface area contributed by atoms with Crippen LogP contribution in [0, 0.1) is 0 Å². The van der Waals surface area contributed by atoms with Crippen LogP contribution in [0.15, 0.2) is 52.8 Å². The molecule has 0 bridgehead atoms. The lowest BCUT2D eigenvalue weighted by atomic mass is 10.2. The minimum atomic E-state index is -0.144. The Labute approximate surface area is 165 Å². The average Bonchev–Trinajstić information content (AvgIpc) is 3.23. The summed E-state index contributed by atoms with van der Waals surface area (Å²) in [4.78, 5) is 18.2. The van der Waals surface area contributed by atoms with Crippen molar-refractivity contribution in [1.82, 2.24) is 14.1 Å². The molecule has 3 aromatic heterocycles. The number of benzene rings is 1. The molecule has 7 heteroatoms. The molecule has 0 radical (unpaired) electrons. The second-order valence-electron chi connectivity index (χ2n) is 6.20. The predicted octanol–water partition coefficient (Wildman–Crippen LogP) is 4.58. The van der Waals surface area contributed by atoms with Gasteiger partial charge < -0.3 is 9.30 Å². The van der Waals surface area contributed by atoms with Crippen molar-refractivity contribution < 1.29 is 4.74 Å². The molecule has 0 N–H and O–H groups in total. The number of aryl methyl sites for hydroxylation is 2. The molecule has 0 aliphatic heterocycles. The van der Waals surface area contributed by atoms with Crippen molar-refractivity contribution in [3.05, 3.63) is 74.1 Å². The summed E-state index contributed by atoms with van der Waals surface area (Å²) in [5.41, 5.74) is 2.59. The number of ether oxygens (including phenoxy) is 1. The van der Waals surface area contributed by atoms with Crippen LogP contribution in [0.4, 0.5) is 0 Å². The summed E-state index contributed by atoms with van der Waals surface area (Å²) in [5.74, 6) is 1.56. The number of hydrogen-bond donors (Lipinski definition) is 0. The maximum absolute atomic E-state index is 12.6. The van der Waals surface area contributed by atoms with E-state index in [2.05, 4.69) is 16.5 Å². The molecule has 0 amide bonds. The largest absolute Gasteiger partial charge is 0.488 e. The Hall–Kier alpha value is -2.57. The van der Waals surface area contributed by atoms with Crippen molar-refractivity contribution in [2.24, 2.45) is 7.05 Å². The van der Waals surface area contributed by atoms with Crippen LogP contribution in [-0.4, -0.2) is 14.1 Å². The number of hydrogen-bond acceptors (Lipinski definition) is 4. The van der Waals surface area contributed by atoms with E-state index in [1.54, 1.807) is 16.8 Å². The van der Waals surface area contributed by atoms with E-state index in [1.165, 1.54) is 17.4 Å². The highest BCUT2D eigenvalue weighted by atomic mass is 35.5. The fourth-order valence-corrected chi connectivity index (χ4v) is 4.03. The van der Waals surface area contributed by atoms with Gasteiger partial charge >= 0.3 is 0 Å². The fraction of sp³-hybridized carbons (Fsp3) is 0.200. The third kappa shape index (κ3) is 3.50. The molecule has 3 heterocycles. The van der Waals surface area contributed by atoms with Gasteiger partial charge in [-0.05, 0) is 30.3 Å². The number of imidazole rings is 1. The first-order chi connectivity index (χ1) is 13.0. The highest BCUT2D eigenvalue weighted by Gasteiger charge is 2.09. The van der Waals surface area contributed by atoms with Crippen molar-refractivity contribution in [3.8, 4) is 11.4 Å². The zero-order valence-corrected chi connectivity index (χ0v) is 16.5. The Morgan fingerprint density at radius 3 is 2.78 bits per heavy atom. The summed E-state index contributed by atoms with van der Waals surface area (Å²) in [6.45, 7) is 2.47. The van der Waals surface area contributed by atoms with E-state index in [1.807, 2.05) is 36.7 Å². The van der Waals surface area contributed by atoms with E-state index < -0.39 is 0 Å². The van der Waals surface area contributed by atoms with Gasteiger partial charge in [-0.2, -0.15) is 0 Å². The molecule has 0 fully saturated rings. The molecule has 5 nitrogen and oxygen atoms in total. The minimum Gasteiger partial charge on any atom is -0.488 e. The van der Waals surface area contributed by atoms with E-state index in [-0.39, 0.29) is 5.56 Å². The van der Waals surface area contributed by atoms with E-state index in [4.69, 9.17) is 16.3 Å². The summed E-state index contributed by atoms with van der Waals surface area (Å²) in [7, 11) is 1.99. The van der Waals surface area contributed by atoms with Crippen molar-refractivity contribution in [2.75, 3.05) is 0 Å². The number of halogens is 1. The number of thiophene rings is 1. The highest BCUT2D eigenvalue weighted by molar-refractivity contribution is 7.10. The molecule has 4 aromatic rings. The molecule has 0 atom stereocenters. The monoisotopic (exact) mass is 399 g/mol. The normalized spacial score (nSPS) is 11.2. The van der Waals surface area contributed by atoms with Gasteiger partial charge in [0.1, 0.15) is 18.2 Å². The molecular formula is C20H18ClN3O2S. The van der Waals surface area contributed by atoms with Crippen molar-refractivity contribution >= 4 is 34.0 Å². The van der Waals surface area contributed by atoms with Crippen LogP contribution < -0.4 is 10.3 Å². The molecule has 0 saturated carbocycles. The lowest BCUT2D eigenvalue weighted by Crippen LogP contribution is -2.16. The third-order valence-electron chi connectivity index (χ3n) is 4.45. The second kappa shape index (κ2) is 7.21. The van der Waals surface area contributed by atoms with Gasteiger partial charge in [-0.25, -0.2) is 4.98 Å². The third-order valence-corrected chi connectivity index (χ3v) is 5.70. The van der Waals surface area contributed by atoms with E-state index in [0.29, 0.717) is 17.4 Å². The quantitative estimate of drug-likeness (QED) is 0.493. The van der Waals surface area contributed by atoms with Gasteiger partial charge in [0, 0.05) is 36.0 Å². The van der Waals surface area contributed by atoms with Gasteiger partial charge in [-0.1, -0.05) is 18.5 Å². The first-order valence-corrected chi connectivity index (χ1v) is 9.85. The van der Waals surface area contributed by atoms with Gasteiger partial charge in [-0.3, -0.25) is 9.36 Å². The second-order valence-corrected chi connectivity index (χ2v) is 7.64. The molecule has 138 valence electrons. The predicted molar refractivity (Wildman–Crippen MR) is 109 cm³/mol. The maximum atomic E-state index is 12.6. The topological polar surface area (TPSA) is 49.1 Å². The molecule has 1 aromatic carbocycles. The van der Waals surface area contributed by atoms with E-state index in [9.17, 15) is 4.79 Å². The minimum absolute atomic E-state index is 0.144. The molecule has 4 rings (SSSR count). The zero-order valence-electron chi connectivity index (χ0n) is 15.0. The fourth-order valence-electron chi connectivity index (χ4n) is 3.04. The van der Waals surface area contributed by atoms with Gasteiger partial charge in [0.2, 0.25) is 0 Å². The molecule has 0 saturated heterocycles. The van der Waals surface area contributed by atoms with Crippen LogP contribution in [0.1, 0.15) is 17.6 Å². The first kappa shape index (κ1) is 17.8. The SMILES string of the molecule is CCc1nc2ccc(-n3ccc(OCc4cc(Cl)cs4)cc3=O)cc2n1C. The average molecular weight is 400 g/mol. The summed E-state index contributed by atoms with van der Waals surface area (Å²) >= 11 is 7.45. The van der Waals surface area contributed by atoms with Gasteiger partial charge in [-0.15, -0.1) is 11.3 Å². The zero-order chi connectivity index (χ0) is 19.0. The number of aromatic nitrogens is 3. The number of pyridine rings is 1. The van der Waals surface area contributed by atoms with Crippen LogP contribution in [0.5, 0.6) is 5.75 Å². The molecular weight excluding hydrogens is 382 g/mol. The summed E-state index contributed by atoms with van der Waals surface area (Å²) in [6, 6.07) is 11.0. The Bertz CT molecular complexity index is 1180. The molecule has 0 unspecified atom stereocenters. The van der Waals surface area contributed by atoms with Crippen molar-refractivity contribution in [1.29, 1.82) is 0 Å². The van der Waals surface area contributed by atoms with Gasteiger partial charge in [0.25, 0.3) is 5.56 Å². The van der Waals surface area contributed by atoms with Crippen LogP contribution in [-0.2, 0) is 20.1 Å². The summed E-state index contributed by atoms with van der Waals surface area (Å²) < 4.78 is 9.38. The molecule has 27 heavy (non-hydrogen) atoms. The Balaban J connectivity index is 1.61.